The van der Waals surface area contributed by atoms with E-state index < -0.39 is 0 Å². The Morgan fingerprint density at radius 3 is 2.65 bits per heavy atom. The Bertz CT molecular complexity index is 457. The van der Waals surface area contributed by atoms with E-state index in [1.165, 1.54) is 4.88 Å². The quantitative estimate of drug-likeness (QED) is 0.847. The van der Waals surface area contributed by atoms with Crippen molar-refractivity contribution in [2.75, 3.05) is 13.1 Å². The van der Waals surface area contributed by atoms with E-state index in [1.807, 2.05) is 0 Å². The number of thiophene rings is 1. The number of hydrogen-bond acceptors (Lipinski definition) is 4. The van der Waals surface area contributed by atoms with Crippen molar-refractivity contribution in [3.05, 3.63) is 20.8 Å². The molecular formula is C14H22BrN3OS. The first-order chi connectivity index (χ1) is 9.52. The monoisotopic (exact) mass is 359 g/mol. The molecule has 0 aliphatic carbocycles. The van der Waals surface area contributed by atoms with Gasteiger partial charge in [-0.3, -0.25) is 9.69 Å². The molecule has 4 nitrogen and oxygen atoms in total. The Hall–Kier alpha value is -0.430. The number of likely N-dealkylation sites (tertiary alicyclic amines) is 1. The Labute approximate surface area is 132 Å². The lowest BCUT2D eigenvalue weighted by Gasteiger charge is -2.39. The number of rotatable bonds is 5. The first-order valence-corrected chi connectivity index (χ1v) is 8.73. The Kier molecular flexibility index (Phi) is 5.60. The van der Waals surface area contributed by atoms with Crippen LogP contribution in [0.3, 0.4) is 0 Å². The van der Waals surface area contributed by atoms with E-state index >= 15 is 0 Å². The second-order valence-electron chi connectivity index (χ2n) is 5.40. The predicted molar refractivity (Wildman–Crippen MR) is 86.5 cm³/mol. The highest BCUT2D eigenvalue weighted by molar-refractivity contribution is 9.10. The summed E-state index contributed by atoms with van der Waals surface area (Å²) in [7, 11) is 0. The highest BCUT2D eigenvalue weighted by atomic mass is 79.9. The molecule has 6 heteroatoms. The molecule has 0 spiro atoms. The van der Waals surface area contributed by atoms with Crippen LogP contribution in [0, 0.1) is 5.92 Å². The van der Waals surface area contributed by atoms with Crippen LogP contribution in [0.5, 0.6) is 0 Å². The van der Waals surface area contributed by atoms with Crippen molar-refractivity contribution >= 4 is 33.2 Å². The van der Waals surface area contributed by atoms with Crippen LogP contribution in [-0.2, 0) is 4.79 Å². The summed E-state index contributed by atoms with van der Waals surface area (Å²) < 4.78 is 1.11. The van der Waals surface area contributed by atoms with Gasteiger partial charge in [-0.05, 0) is 54.3 Å². The summed E-state index contributed by atoms with van der Waals surface area (Å²) in [5.41, 5.74) is 11.7. The molecule has 2 rings (SSSR count). The minimum absolute atomic E-state index is 0.0276. The summed E-state index contributed by atoms with van der Waals surface area (Å²) in [4.78, 5) is 15.0. The Morgan fingerprint density at radius 1 is 1.55 bits per heavy atom. The molecule has 4 N–H and O–H groups in total. The van der Waals surface area contributed by atoms with Crippen molar-refractivity contribution in [1.29, 1.82) is 0 Å². The molecule has 112 valence electrons. The fourth-order valence-corrected chi connectivity index (χ4v) is 4.48. The molecule has 1 amide bonds. The maximum atomic E-state index is 11.3. The van der Waals surface area contributed by atoms with E-state index in [1.54, 1.807) is 11.3 Å². The normalized spacial score (nSPS) is 20.8. The van der Waals surface area contributed by atoms with Gasteiger partial charge in [0.05, 0.1) is 6.04 Å². The molecular weight excluding hydrogens is 338 g/mol. The van der Waals surface area contributed by atoms with Crippen molar-refractivity contribution in [2.45, 2.75) is 38.3 Å². The van der Waals surface area contributed by atoms with Gasteiger partial charge in [-0.15, -0.1) is 11.3 Å². The van der Waals surface area contributed by atoms with Crippen molar-refractivity contribution in [3.63, 3.8) is 0 Å². The van der Waals surface area contributed by atoms with Gasteiger partial charge >= 0.3 is 0 Å². The molecule has 20 heavy (non-hydrogen) atoms. The van der Waals surface area contributed by atoms with Crippen molar-refractivity contribution in [3.8, 4) is 0 Å². The smallest absolute Gasteiger partial charge is 0.220 e. The molecule has 2 heterocycles. The Balaban J connectivity index is 2.11. The van der Waals surface area contributed by atoms with Gasteiger partial charge in [-0.1, -0.05) is 6.92 Å². The summed E-state index contributed by atoms with van der Waals surface area (Å²) in [5.74, 6) is -0.139. The molecule has 0 saturated carbocycles. The van der Waals surface area contributed by atoms with Gasteiger partial charge < -0.3 is 11.5 Å². The lowest BCUT2D eigenvalue weighted by Crippen LogP contribution is -2.46. The van der Waals surface area contributed by atoms with Gasteiger partial charge in [0.2, 0.25) is 5.91 Å². The standard InChI is InChI=1S/C14H22BrN3OS/c1-2-11(16)13(12-7-10(15)8-20-12)18-5-3-9(4-6-18)14(17)19/h7-9,11,13H,2-6,16H2,1H3,(H2,17,19). The van der Waals surface area contributed by atoms with Crippen LogP contribution in [-0.4, -0.2) is 29.9 Å². The molecule has 0 aromatic carbocycles. The van der Waals surface area contributed by atoms with Crippen LogP contribution in [0.25, 0.3) is 0 Å². The molecule has 1 aromatic heterocycles. The van der Waals surface area contributed by atoms with E-state index in [9.17, 15) is 4.79 Å². The molecule has 2 unspecified atom stereocenters. The zero-order chi connectivity index (χ0) is 14.7. The summed E-state index contributed by atoms with van der Waals surface area (Å²) in [6, 6.07) is 2.51. The lowest BCUT2D eigenvalue weighted by molar-refractivity contribution is -0.123. The molecule has 1 fully saturated rings. The maximum absolute atomic E-state index is 11.3. The molecule has 1 aromatic rings. The fourth-order valence-electron chi connectivity index (χ4n) is 2.83. The number of amides is 1. The van der Waals surface area contributed by atoms with Gasteiger partial charge in [0, 0.05) is 26.7 Å². The van der Waals surface area contributed by atoms with E-state index in [2.05, 4.69) is 39.2 Å². The van der Waals surface area contributed by atoms with Gasteiger partial charge in [0.15, 0.2) is 0 Å². The van der Waals surface area contributed by atoms with Crippen LogP contribution in [0.15, 0.2) is 15.9 Å². The molecule has 1 saturated heterocycles. The van der Waals surface area contributed by atoms with Crippen molar-refractivity contribution in [1.82, 2.24) is 4.90 Å². The second-order valence-corrected chi connectivity index (χ2v) is 7.26. The van der Waals surface area contributed by atoms with E-state index in [4.69, 9.17) is 11.5 Å². The van der Waals surface area contributed by atoms with E-state index in [-0.39, 0.29) is 23.9 Å². The van der Waals surface area contributed by atoms with Crippen LogP contribution >= 0.6 is 27.3 Å². The molecule has 0 bridgehead atoms. The first-order valence-electron chi connectivity index (χ1n) is 7.05. The number of carbonyl (C=O) groups excluding carboxylic acids is 1. The molecule has 1 aliphatic heterocycles. The average Bonchev–Trinajstić information content (AvgIpc) is 2.85. The largest absolute Gasteiger partial charge is 0.369 e. The third-order valence-electron chi connectivity index (χ3n) is 4.08. The number of halogens is 1. The second kappa shape index (κ2) is 7.02. The Morgan fingerprint density at radius 2 is 2.20 bits per heavy atom. The number of hydrogen-bond donors (Lipinski definition) is 2. The highest BCUT2D eigenvalue weighted by Crippen LogP contribution is 2.34. The zero-order valence-corrected chi connectivity index (χ0v) is 14.1. The lowest BCUT2D eigenvalue weighted by atomic mass is 9.93. The topological polar surface area (TPSA) is 72.3 Å². The fraction of sp³-hybridized carbons (Fsp3) is 0.643. The summed E-state index contributed by atoms with van der Waals surface area (Å²) in [6.07, 6.45) is 2.62. The predicted octanol–water partition coefficient (Wildman–Crippen LogP) is 2.49. The molecule has 1 aliphatic rings. The SMILES string of the molecule is CCC(N)C(c1cc(Br)cs1)N1CCC(C(N)=O)CC1. The summed E-state index contributed by atoms with van der Waals surface area (Å²) in [6.45, 7) is 3.90. The third-order valence-corrected chi connectivity index (χ3v) is 5.85. The third kappa shape index (κ3) is 3.61. The van der Waals surface area contributed by atoms with Crippen molar-refractivity contribution in [2.24, 2.45) is 17.4 Å². The number of nitrogens with zero attached hydrogens (tertiary/aromatic N) is 1. The van der Waals surface area contributed by atoms with Crippen LogP contribution in [0.4, 0.5) is 0 Å². The van der Waals surface area contributed by atoms with Crippen LogP contribution in [0.1, 0.15) is 37.1 Å². The van der Waals surface area contributed by atoms with Gasteiger partial charge in [-0.25, -0.2) is 0 Å². The maximum Gasteiger partial charge on any atom is 0.220 e. The van der Waals surface area contributed by atoms with Crippen molar-refractivity contribution < 1.29 is 4.79 Å². The van der Waals surface area contributed by atoms with Gasteiger partial charge in [0.25, 0.3) is 0 Å². The van der Waals surface area contributed by atoms with Crippen LogP contribution in [0.2, 0.25) is 0 Å². The first kappa shape index (κ1) is 15.9. The van der Waals surface area contributed by atoms with E-state index in [0.717, 1.165) is 36.8 Å². The zero-order valence-electron chi connectivity index (χ0n) is 11.7. The number of piperidine rings is 1. The van der Waals surface area contributed by atoms with E-state index in [0.29, 0.717) is 0 Å². The van der Waals surface area contributed by atoms with Crippen LogP contribution < -0.4 is 11.5 Å². The van der Waals surface area contributed by atoms with Gasteiger partial charge in [0.1, 0.15) is 0 Å². The number of primary amides is 1. The minimum atomic E-state index is -0.167. The van der Waals surface area contributed by atoms with Gasteiger partial charge in [-0.2, -0.15) is 0 Å². The molecule has 0 radical (unpaired) electrons. The summed E-state index contributed by atoms with van der Waals surface area (Å²) in [5, 5.41) is 2.10. The number of carbonyl (C=O) groups is 1. The summed E-state index contributed by atoms with van der Waals surface area (Å²) >= 11 is 5.26. The minimum Gasteiger partial charge on any atom is -0.369 e. The highest BCUT2D eigenvalue weighted by Gasteiger charge is 2.31. The average molecular weight is 360 g/mol. The molecule has 2 atom stereocenters. The number of nitrogens with two attached hydrogens (primary N) is 2.